The van der Waals surface area contributed by atoms with Crippen molar-refractivity contribution >= 4 is 17.6 Å². The molecule has 1 amide bonds. The molecule has 1 aromatic carbocycles. The minimum absolute atomic E-state index is 0.00186. The fourth-order valence-corrected chi connectivity index (χ4v) is 3.85. The summed E-state index contributed by atoms with van der Waals surface area (Å²) in [6, 6.07) is 12.5. The maximum atomic E-state index is 13.4. The first-order valence-electron chi connectivity index (χ1n) is 10.8. The molecule has 2 aromatic heterocycles. The van der Waals surface area contributed by atoms with Gasteiger partial charge in [0.05, 0.1) is 7.11 Å². The molecule has 1 fully saturated rings. The first-order valence-corrected chi connectivity index (χ1v) is 10.8. The van der Waals surface area contributed by atoms with Crippen LogP contribution in [-0.2, 0) is 4.79 Å². The minimum atomic E-state index is -0.437. The minimum Gasteiger partial charge on any atom is -0.493 e. The first kappa shape index (κ1) is 22.1. The average molecular weight is 444 g/mol. The number of fused-ring (bicyclic) bond motifs is 1. The lowest BCUT2D eigenvalue weighted by Gasteiger charge is -2.26. The number of benzene rings is 1. The molecule has 8 nitrogen and oxygen atoms in total. The van der Waals surface area contributed by atoms with Crippen LogP contribution >= 0.6 is 0 Å². The van der Waals surface area contributed by atoms with Gasteiger partial charge in [0, 0.05) is 19.3 Å². The Balaban J connectivity index is 1.88. The summed E-state index contributed by atoms with van der Waals surface area (Å²) in [6.45, 7) is 3.03. The highest BCUT2D eigenvalue weighted by Crippen LogP contribution is 2.32. The van der Waals surface area contributed by atoms with Crippen LogP contribution in [0.15, 0.2) is 53.0 Å². The molecule has 3 heterocycles. The Hall–Kier alpha value is -4.12. The predicted octanol–water partition coefficient (Wildman–Crippen LogP) is 3.72. The van der Waals surface area contributed by atoms with Gasteiger partial charge in [-0.3, -0.25) is 14.0 Å². The van der Waals surface area contributed by atoms with E-state index in [1.54, 1.807) is 41.4 Å². The molecule has 0 unspecified atom stereocenters. The molecule has 0 N–H and O–H groups in total. The van der Waals surface area contributed by atoms with E-state index in [1.165, 1.54) is 17.6 Å². The zero-order chi connectivity index (χ0) is 23.4. The molecule has 33 heavy (non-hydrogen) atoms. The second-order valence-corrected chi connectivity index (χ2v) is 7.80. The summed E-state index contributed by atoms with van der Waals surface area (Å²) in [5.41, 5.74) is 0.650. The van der Waals surface area contributed by atoms with Gasteiger partial charge in [-0.05, 0) is 56.0 Å². The number of nitriles is 1. The first-order chi connectivity index (χ1) is 16.0. The van der Waals surface area contributed by atoms with Crippen LogP contribution in [0.1, 0.15) is 30.4 Å². The molecule has 1 aliphatic rings. The summed E-state index contributed by atoms with van der Waals surface area (Å²) < 4.78 is 12.8. The average Bonchev–Trinajstić information content (AvgIpc) is 2.85. The van der Waals surface area contributed by atoms with Crippen molar-refractivity contribution in [2.24, 2.45) is 0 Å². The molecule has 1 aliphatic heterocycles. The van der Waals surface area contributed by atoms with E-state index in [0.717, 1.165) is 24.8 Å². The third-order valence-electron chi connectivity index (χ3n) is 5.61. The largest absolute Gasteiger partial charge is 0.493 e. The zero-order valence-electron chi connectivity index (χ0n) is 18.6. The van der Waals surface area contributed by atoms with Crippen molar-refractivity contribution in [1.82, 2.24) is 14.3 Å². The normalized spacial score (nSPS) is 14.1. The Bertz CT molecular complexity index is 1330. The van der Waals surface area contributed by atoms with E-state index in [2.05, 4.69) is 4.98 Å². The lowest BCUT2D eigenvalue weighted by atomic mass is 10.1. The third-order valence-corrected chi connectivity index (χ3v) is 5.61. The Morgan fingerprint density at radius 3 is 2.55 bits per heavy atom. The third kappa shape index (κ3) is 4.44. The molecule has 0 bridgehead atoms. The number of rotatable bonds is 5. The number of carbonyl (C=O) groups is 1. The van der Waals surface area contributed by atoms with Gasteiger partial charge in [0.15, 0.2) is 11.5 Å². The fraction of sp³-hybridized carbons (Fsp3) is 0.280. The molecule has 168 valence electrons. The second-order valence-electron chi connectivity index (χ2n) is 7.80. The molecule has 0 saturated carbocycles. The van der Waals surface area contributed by atoms with Crippen LogP contribution in [0, 0.1) is 18.3 Å². The number of aryl methyl sites for hydroxylation is 1. The summed E-state index contributed by atoms with van der Waals surface area (Å²) in [7, 11) is 1.51. The van der Waals surface area contributed by atoms with Gasteiger partial charge < -0.3 is 14.4 Å². The Morgan fingerprint density at radius 1 is 1.12 bits per heavy atom. The van der Waals surface area contributed by atoms with Crippen molar-refractivity contribution in [1.29, 1.82) is 5.26 Å². The van der Waals surface area contributed by atoms with Gasteiger partial charge in [-0.2, -0.15) is 10.2 Å². The number of hydrogen-bond acceptors (Lipinski definition) is 6. The van der Waals surface area contributed by atoms with Crippen molar-refractivity contribution in [2.75, 3.05) is 20.2 Å². The van der Waals surface area contributed by atoms with Crippen molar-refractivity contribution in [3.8, 4) is 23.4 Å². The van der Waals surface area contributed by atoms with Crippen LogP contribution in [-0.4, -0.2) is 40.4 Å². The van der Waals surface area contributed by atoms with Crippen molar-refractivity contribution < 1.29 is 14.3 Å². The van der Waals surface area contributed by atoms with E-state index >= 15 is 0 Å². The van der Waals surface area contributed by atoms with Crippen LogP contribution in [0.5, 0.6) is 17.4 Å². The van der Waals surface area contributed by atoms with Crippen LogP contribution in [0.2, 0.25) is 0 Å². The van der Waals surface area contributed by atoms with E-state index in [1.807, 2.05) is 19.1 Å². The highest BCUT2D eigenvalue weighted by Gasteiger charge is 2.23. The molecule has 0 spiro atoms. The Kier molecular flexibility index (Phi) is 6.41. The molecular weight excluding hydrogens is 420 g/mol. The van der Waals surface area contributed by atoms with Gasteiger partial charge in [0.1, 0.15) is 22.9 Å². The van der Waals surface area contributed by atoms with Gasteiger partial charge in [0.25, 0.3) is 11.5 Å². The number of aromatic nitrogens is 2. The summed E-state index contributed by atoms with van der Waals surface area (Å²) in [4.78, 5) is 32.6. The maximum Gasteiger partial charge on any atom is 0.269 e. The molecule has 0 atom stereocenters. The number of para-hydroxylation sites is 2. The van der Waals surface area contributed by atoms with Crippen molar-refractivity contribution in [3.63, 3.8) is 0 Å². The Morgan fingerprint density at radius 2 is 1.85 bits per heavy atom. The number of nitrogens with zero attached hydrogens (tertiary/aromatic N) is 4. The maximum absolute atomic E-state index is 13.4. The molecule has 0 radical (unpaired) electrons. The fourth-order valence-electron chi connectivity index (χ4n) is 3.85. The number of carbonyl (C=O) groups excluding carboxylic acids is 1. The van der Waals surface area contributed by atoms with E-state index < -0.39 is 11.5 Å². The van der Waals surface area contributed by atoms with Crippen LogP contribution in [0.25, 0.3) is 11.7 Å². The quantitative estimate of drug-likeness (QED) is 0.439. The SMILES string of the molecule is COc1ccccc1Oc1nc2c(C)cccn2c(=O)c1C=C(C#N)C(=O)N1CCCCC1. The molecule has 4 rings (SSSR count). The number of ether oxygens (including phenoxy) is 2. The van der Waals surface area contributed by atoms with Gasteiger partial charge in [-0.25, -0.2) is 0 Å². The number of piperidine rings is 1. The lowest BCUT2D eigenvalue weighted by molar-refractivity contribution is -0.127. The number of methoxy groups -OCH3 is 1. The molecule has 0 aliphatic carbocycles. The van der Waals surface area contributed by atoms with E-state index in [0.29, 0.717) is 30.2 Å². The molecular formula is C25H24N4O4. The standard InChI is InChI=1S/C25H24N4O4/c1-17-9-8-14-29-22(17)27-23(33-21-11-5-4-10-20(21)32-2)19(25(29)31)15-18(16-26)24(30)28-12-6-3-7-13-28/h4-5,8-11,14-15H,3,6-7,12-13H2,1-2H3. The molecule has 1 saturated heterocycles. The van der Waals surface area contributed by atoms with Crippen LogP contribution in [0.3, 0.4) is 0 Å². The smallest absolute Gasteiger partial charge is 0.269 e. The summed E-state index contributed by atoms with van der Waals surface area (Å²) in [5, 5.41) is 9.74. The second kappa shape index (κ2) is 9.57. The van der Waals surface area contributed by atoms with E-state index in [-0.39, 0.29) is 17.0 Å². The molecule has 3 aromatic rings. The van der Waals surface area contributed by atoms with Crippen LogP contribution < -0.4 is 15.0 Å². The topological polar surface area (TPSA) is 96.9 Å². The number of amides is 1. The van der Waals surface area contributed by atoms with Crippen molar-refractivity contribution in [3.05, 3.63) is 69.6 Å². The zero-order valence-corrected chi connectivity index (χ0v) is 18.6. The van der Waals surface area contributed by atoms with Crippen LogP contribution in [0.4, 0.5) is 0 Å². The summed E-state index contributed by atoms with van der Waals surface area (Å²) in [6.07, 6.45) is 5.73. The number of pyridine rings is 1. The summed E-state index contributed by atoms with van der Waals surface area (Å²) >= 11 is 0. The lowest BCUT2D eigenvalue weighted by Crippen LogP contribution is -2.36. The highest BCUT2D eigenvalue weighted by atomic mass is 16.5. The van der Waals surface area contributed by atoms with Gasteiger partial charge in [-0.1, -0.05) is 18.2 Å². The highest BCUT2D eigenvalue weighted by molar-refractivity contribution is 6.02. The van der Waals surface area contributed by atoms with Crippen molar-refractivity contribution in [2.45, 2.75) is 26.2 Å². The molecule has 8 heteroatoms. The Labute approximate surface area is 191 Å². The van der Waals surface area contributed by atoms with Gasteiger partial charge in [0.2, 0.25) is 5.88 Å². The van der Waals surface area contributed by atoms with E-state index in [9.17, 15) is 14.9 Å². The van der Waals surface area contributed by atoms with E-state index in [4.69, 9.17) is 9.47 Å². The van der Waals surface area contributed by atoms with Gasteiger partial charge in [-0.15, -0.1) is 0 Å². The predicted molar refractivity (Wildman–Crippen MR) is 123 cm³/mol. The number of hydrogen-bond donors (Lipinski definition) is 0. The van der Waals surface area contributed by atoms with Gasteiger partial charge >= 0.3 is 0 Å². The summed E-state index contributed by atoms with van der Waals surface area (Å²) in [5.74, 6) is 0.427. The number of likely N-dealkylation sites (tertiary alicyclic amines) is 1. The monoisotopic (exact) mass is 444 g/mol.